The molecular formula is C16H16N2O4. The summed E-state index contributed by atoms with van der Waals surface area (Å²) in [6.45, 7) is 0. The molecule has 22 heavy (non-hydrogen) atoms. The first kappa shape index (κ1) is 15.4. The maximum Gasteiger partial charge on any atom is 0.411 e. The first-order valence-corrected chi connectivity index (χ1v) is 6.53. The van der Waals surface area contributed by atoms with Crippen LogP contribution in [0.5, 0.6) is 0 Å². The number of hydrogen-bond donors (Lipinski definition) is 2. The van der Waals surface area contributed by atoms with E-state index >= 15 is 0 Å². The Morgan fingerprint density at radius 2 is 1.00 bits per heavy atom. The summed E-state index contributed by atoms with van der Waals surface area (Å²) >= 11 is 0. The van der Waals surface area contributed by atoms with Crippen molar-refractivity contribution < 1.29 is 19.1 Å². The maximum absolute atomic E-state index is 11.1. The Hall–Kier alpha value is -3.02. The average Bonchev–Trinajstić information content (AvgIpc) is 2.56. The molecule has 0 unspecified atom stereocenters. The quantitative estimate of drug-likeness (QED) is 0.906. The number of rotatable bonds is 3. The van der Waals surface area contributed by atoms with Gasteiger partial charge < -0.3 is 9.47 Å². The van der Waals surface area contributed by atoms with Crippen molar-refractivity contribution in [2.75, 3.05) is 24.9 Å². The lowest BCUT2D eigenvalue weighted by atomic mass is 10.1. The predicted octanol–water partition coefficient (Wildman–Crippen LogP) is 3.71. The molecule has 0 heterocycles. The fourth-order valence-electron chi connectivity index (χ4n) is 1.83. The summed E-state index contributed by atoms with van der Waals surface area (Å²) in [7, 11) is 2.63. The lowest BCUT2D eigenvalue weighted by Crippen LogP contribution is -2.10. The highest BCUT2D eigenvalue weighted by Gasteiger charge is 2.03. The van der Waals surface area contributed by atoms with Crippen LogP contribution in [0.25, 0.3) is 11.1 Å². The van der Waals surface area contributed by atoms with Gasteiger partial charge in [-0.05, 0) is 35.4 Å². The third-order valence-corrected chi connectivity index (χ3v) is 2.97. The van der Waals surface area contributed by atoms with Crippen molar-refractivity contribution in [3.63, 3.8) is 0 Å². The maximum atomic E-state index is 11.1. The van der Waals surface area contributed by atoms with Gasteiger partial charge in [0.05, 0.1) is 14.2 Å². The fourth-order valence-corrected chi connectivity index (χ4v) is 1.83. The standard InChI is InChI=1S/C16H16N2O4/c1-21-15(19)17-13-7-3-11(4-8-13)12-5-9-14(10-6-12)18-16(20)22-2/h3-10H,1-2H3,(H,17,19)(H,18,20). The first-order valence-electron chi connectivity index (χ1n) is 6.53. The van der Waals surface area contributed by atoms with E-state index in [1.165, 1.54) is 14.2 Å². The topological polar surface area (TPSA) is 76.7 Å². The van der Waals surface area contributed by atoms with Gasteiger partial charge in [-0.25, -0.2) is 9.59 Å². The zero-order valence-electron chi connectivity index (χ0n) is 12.3. The monoisotopic (exact) mass is 300 g/mol. The molecule has 2 N–H and O–H groups in total. The summed E-state index contributed by atoms with van der Waals surface area (Å²) in [5.41, 5.74) is 3.28. The number of methoxy groups -OCH3 is 2. The van der Waals surface area contributed by atoms with Crippen molar-refractivity contribution >= 4 is 23.6 Å². The van der Waals surface area contributed by atoms with E-state index in [1.807, 2.05) is 24.3 Å². The molecule has 0 fully saturated rings. The molecule has 6 heteroatoms. The van der Waals surface area contributed by atoms with Crippen molar-refractivity contribution in [2.24, 2.45) is 0 Å². The second-order valence-corrected chi connectivity index (χ2v) is 4.39. The molecule has 0 saturated heterocycles. The zero-order chi connectivity index (χ0) is 15.9. The van der Waals surface area contributed by atoms with Gasteiger partial charge in [0.15, 0.2) is 0 Å². The second-order valence-electron chi connectivity index (χ2n) is 4.39. The van der Waals surface area contributed by atoms with E-state index in [0.717, 1.165) is 11.1 Å². The zero-order valence-corrected chi connectivity index (χ0v) is 12.3. The van der Waals surface area contributed by atoms with Gasteiger partial charge in [0.2, 0.25) is 0 Å². The molecule has 0 spiro atoms. The van der Waals surface area contributed by atoms with Crippen LogP contribution in [0.1, 0.15) is 0 Å². The Morgan fingerprint density at radius 3 is 1.27 bits per heavy atom. The molecule has 2 aromatic rings. The Labute approximate surface area is 128 Å². The van der Waals surface area contributed by atoms with E-state index in [0.29, 0.717) is 11.4 Å². The predicted molar refractivity (Wildman–Crippen MR) is 83.9 cm³/mol. The Morgan fingerprint density at radius 1 is 0.682 bits per heavy atom. The van der Waals surface area contributed by atoms with Crippen LogP contribution in [0.15, 0.2) is 48.5 Å². The van der Waals surface area contributed by atoms with Gasteiger partial charge in [-0.1, -0.05) is 24.3 Å². The van der Waals surface area contributed by atoms with E-state index in [1.54, 1.807) is 24.3 Å². The van der Waals surface area contributed by atoms with Gasteiger partial charge in [0.25, 0.3) is 0 Å². The molecule has 114 valence electrons. The molecule has 0 aliphatic rings. The minimum atomic E-state index is -0.508. The van der Waals surface area contributed by atoms with Crippen LogP contribution in [0.2, 0.25) is 0 Å². The number of carbonyl (C=O) groups excluding carboxylic acids is 2. The molecule has 0 aliphatic carbocycles. The Kier molecular flexibility index (Phi) is 4.98. The number of carbonyl (C=O) groups is 2. The number of ether oxygens (including phenoxy) is 2. The summed E-state index contributed by atoms with van der Waals surface area (Å²) in [6.07, 6.45) is -1.02. The highest BCUT2D eigenvalue weighted by Crippen LogP contribution is 2.23. The molecule has 6 nitrogen and oxygen atoms in total. The molecule has 2 aromatic carbocycles. The van der Waals surface area contributed by atoms with Gasteiger partial charge >= 0.3 is 12.2 Å². The van der Waals surface area contributed by atoms with Crippen LogP contribution >= 0.6 is 0 Å². The van der Waals surface area contributed by atoms with Gasteiger partial charge in [-0.2, -0.15) is 0 Å². The number of benzene rings is 2. The van der Waals surface area contributed by atoms with Crippen molar-refractivity contribution in [3.8, 4) is 11.1 Å². The molecule has 0 aliphatic heterocycles. The largest absolute Gasteiger partial charge is 0.453 e. The average molecular weight is 300 g/mol. The molecular weight excluding hydrogens is 284 g/mol. The molecule has 2 rings (SSSR count). The van der Waals surface area contributed by atoms with E-state index in [2.05, 4.69) is 20.1 Å². The SMILES string of the molecule is COC(=O)Nc1ccc(-c2ccc(NC(=O)OC)cc2)cc1. The highest BCUT2D eigenvalue weighted by atomic mass is 16.5. The Balaban J connectivity index is 2.08. The highest BCUT2D eigenvalue weighted by molar-refractivity contribution is 5.86. The number of anilines is 2. The number of hydrogen-bond acceptors (Lipinski definition) is 4. The summed E-state index contributed by atoms with van der Waals surface area (Å²) < 4.78 is 9.06. The molecule has 0 aromatic heterocycles. The normalized spacial score (nSPS) is 9.73. The van der Waals surface area contributed by atoms with Crippen molar-refractivity contribution in [1.82, 2.24) is 0 Å². The van der Waals surface area contributed by atoms with Gasteiger partial charge in [0, 0.05) is 11.4 Å². The van der Waals surface area contributed by atoms with Crippen LogP contribution in [0, 0.1) is 0 Å². The van der Waals surface area contributed by atoms with Gasteiger partial charge in [-0.3, -0.25) is 10.6 Å². The van der Waals surface area contributed by atoms with Crippen molar-refractivity contribution in [2.45, 2.75) is 0 Å². The van der Waals surface area contributed by atoms with Gasteiger partial charge in [0.1, 0.15) is 0 Å². The van der Waals surface area contributed by atoms with E-state index in [4.69, 9.17) is 0 Å². The number of nitrogens with one attached hydrogen (secondary N) is 2. The van der Waals surface area contributed by atoms with Crippen LogP contribution in [0.3, 0.4) is 0 Å². The van der Waals surface area contributed by atoms with Crippen LogP contribution in [-0.4, -0.2) is 26.4 Å². The lowest BCUT2D eigenvalue weighted by Gasteiger charge is -2.07. The van der Waals surface area contributed by atoms with Crippen LogP contribution < -0.4 is 10.6 Å². The second kappa shape index (κ2) is 7.12. The fraction of sp³-hybridized carbons (Fsp3) is 0.125. The minimum absolute atomic E-state index is 0.508. The summed E-state index contributed by atoms with van der Waals surface area (Å²) in [5.74, 6) is 0. The van der Waals surface area contributed by atoms with Gasteiger partial charge in [-0.15, -0.1) is 0 Å². The minimum Gasteiger partial charge on any atom is -0.453 e. The van der Waals surface area contributed by atoms with E-state index < -0.39 is 12.2 Å². The molecule has 0 saturated carbocycles. The van der Waals surface area contributed by atoms with Crippen molar-refractivity contribution in [1.29, 1.82) is 0 Å². The summed E-state index contributed by atoms with van der Waals surface area (Å²) in [5, 5.41) is 5.17. The Bertz CT molecular complexity index is 591. The molecule has 2 amide bonds. The van der Waals surface area contributed by atoms with Crippen LogP contribution in [0.4, 0.5) is 21.0 Å². The molecule has 0 atom stereocenters. The smallest absolute Gasteiger partial charge is 0.411 e. The van der Waals surface area contributed by atoms with E-state index in [-0.39, 0.29) is 0 Å². The third kappa shape index (κ3) is 3.99. The molecule has 0 bridgehead atoms. The van der Waals surface area contributed by atoms with Crippen molar-refractivity contribution in [3.05, 3.63) is 48.5 Å². The summed E-state index contributed by atoms with van der Waals surface area (Å²) in [4.78, 5) is 22.2. The lowest BCUT2D eigenvalue weighted by molar-refractivity contribution is 0.186. The van der Waals surface area contributed by atoms with E-state index in [9.17, 15) is 9.59 Å². The third-order valence-electron chi connectivity index (χ3n) is 2.97. The molecule has 0 radical (unpaired) electrons. The first-order chi connectivity index (χ1) is 10.6. The summed E-state index contributed by atoms with van der Waals surface area (Å²) in [6, 6.07) is 14.7. The van der Waals surface area contributed by atoms with Crippen LogP contribution in [-0.2, 0) is 9.47 Å². The number of amides is 2.